The van der Waals surface area contributed by atoms with Gasteiger partial charge in [-0.25, -0.2) is 0 Å². The molecule has 146 valence electrons. The maximum atomic E-state index is 12.0. The highest BCUT2D eigenvalue weighted by molar-refractivity contribution is 6.01. The van der Waals surface area contributed by atoms with Gasteiger partial charge in [-0.05, 0) is 40.1 Å². The molecular formula is C24H22N2O3. The Morgan fingerprint density at radius 3 is 2.59 bits per heavy atom. The second-order valence-corrected chi connectivity index (χ2v) is 6.41. The van der Waals surface area contributed by atoms with Crippen molar-refractivity contribution in [2.75, 3.05) is 20.3 Å². The highest BCUT2D eigenvalue weighted by Crippen LogP contribution is 2.21. The van der Waals surface area contributed by atoms with Gasteiger partial charge in [0, 0.05) is 13.7 Å². The summed E-state index contributed by atoms with van der Waals surface area (Å²) in [7, 11) is 1.55. The summed E-state index contributed by atoms with van der Waals surface area (Å²) in [6.45, 7) is 1.21. The molecule has 3 aromatic rings. The minimum absolute atomic E-state index is 0.0468. The molecule has 0 bridgehead atoms. The van der Waals surface area contributed by atoms with Crippen molar-refractivity contribution >= 4 is 22.8 Å². The quantitative estimate of drug-likeness (QED) is 0.360. The zero-order valence-electron chi connectivity index (χ0n) is 16.2. The van der Waals surface area contributed by atoms with E-state index in [4.69, 9.17) is 9.47 Å². The van der Waals surface area contributed by atoms with E-state index in [0.717, 1.165) is 16.9 Å². The Bertz CT molecular complexity index is 1040. The van der Waals surface area contributed by atoms with Crippen molar-refractivity contribution in [2.24, 2.45) is 0 Å². The van der Waals surface area contributed by atoms with Crippen LogP contribution in [0.5, 0.6) is 5.75 Å². The SMILES string of the molecule is COCCNC(=O)/C(C#N)=C/c1ccc(OCc2cccc3ccccc23)cc1. The molecule has 3 rings (SSSR count). The summed E-state index contributed by atoms with van der Waals surface area (Å²) in [6, 6.07) is 23.6. The van der Waals surface area contributed by atoms with E-state index in [9.17, 15) is 10.1 Å². The van der Waals surface area contributed by atoms with Gasteiger partial charge in [-0.15, -0.1) is 0 Å². The number of hydrogen-bond donors (Lipinski definition) is 1. The van der Waals surface area contributed by atoms with Gasteiger partial charge in [-0.1, -0.05) is 54.6 Å². The number of nitrogens with one attached hydrogen (secondary N) is 1. The molecule has 0 spiro atoms. The van der Waals surface area contributed by atoms with E-state index in [1.54, 1.807) is 13.2 Å². The Labute approximate surface area is 170 Å². The Balaban J connectivity index is 1.65. The monoisotopic (exact) mass is 386 g/mol. The molecular weight excluding hydrogens is 364 g/mol. The minimum Gasteiger partial charge on any atom is -0.489 e. The number of amides is 1. The van der Waals surface area contributed by atoms with Crippen LogP contribution >= 0.6 is 0 Å². The fourth-order valence-corrected chi connectivity index (χ4v) is 2.92. The summed E-state index contributed by atoms with van der Waals surface area (Å²) in [5.74, 6) is 0.305. The summed E-state index contributed by atoms with van der Waals surface area (Å²) in [4.78, 5) is 12.0. The van der Waals surface area contributed by atoms with Gasteiger partial charge >= 0.3 is 0 Å². The number of carbonyl (C=O) groups excluding carboxylic acids is 1. The van der Waals surface area contributed by atoms with E-state index in [1.807, 2.05) is 48.5 Å². The lowest BCUT2D eigenvalue weighted by Gasteiger charge is -2.09. The van der Waals surface area contributed by atoms with Crippen molar-refractivity contribution in [1.82, 2.24) is 5.32 Å². The van der Waals surface area contributed by atoms with Crippen LogP contribution in [-0.2, 0) is 16.1 Å². The van der Waals surface area contributed by atoms with Gasteiger partial charge < -0.3 is 14.8 Å². The second-order valence-electron chi connectivity index (χ2n) is 6.41. The van der Waals surface area contributed by atoms with Crippen molar-refractivity contribution in [2.45, 2.75) is 6.61 Å². The molecule has 1 amide bonds. The molecule has 0 radical (unpaired) electrons. The van der Waals surface area contributed by atoms with Crippen LogP contribution in [0.25, 0.3) is 16.8 Å². The summed E-state index contributed by atoms with van der Waals surface area (Å²) >= 11 is 0. The Hall–Kier alpha value is -3.62. The number of ether oxygens (including phenoxy) is 2. The van der Waals surface area contributed by atoms with Gasteiger partial charge in [0.1, 0.15) is 24.0 Å². The zero-order chi connectivity index (χ0) is 20.5. The molecule has 0 atom stereocenters. The molecule has 0 unspecified atom stereocenters. The molecule has 0 aliphatic heterocycles. The molecule has 0 saturated heterocycles. The molecule has 1 N–H and O–H groups in total. The van der Waals surface area contributed by atoms with Crippen LogP contribution in [0, 0.1) is 11.3 Å². The van der Waals surface area contributed by atoms with Gasteiger partial charge in [0.15, 0.2) is 0 Å². The van der Waals surface area contributed by atoms with Gasteiger partial charge in [0.2, 0.25) is 0 Å². The van der Waals surface area contributed by atoms with Crippen LogP contribution in [0.1, 0.15) is 11.1 Å². The van der Waals surface area contributed by atoms with Gasteiger partial charge in [-0.2, -0.15) is 5.26 Å². The first-order valence-electron chi connectivity index (χ1n) is 9.29. The number of carbonyl (C=O) groups is 1. The highest BCUT2D eigenvalue weighted by atomic mass is 16.5. The van der Waals surface area contributed by atoms with E-state index in [1.165, 1.54) is 10.8 Å². The number of methoxy groups -OCH3 is 1. The fraction of sp³-hybridized carbons (Fsp3) is 0.167. The summed E-state index contributed by atoms with van der Waals surface area (Å²) in [5, 5.41) is 14.2. The molecule has 0 aliphatic rings. The molecule has 0 aliphatic carbocycles. The van der Waals surface area contributed by atoms with Crippen LogP contribution in [0.15, 0.2) is 72.3 Å². The predicted molar refractivity (Wildman–Crippen MR) is 113 cm³/mol. The Morgan fingerprint density at radius 2 is 1.83 bits per heavy atom. The number of fused-ring (bicyclic) bond motifs is 1. The first kappa shape index (κ1) is 20.1. The molecule has 0 fully saturated rings. The van der Waals surface area contributed by atoms with E-state index >= 15 is 0 Å². The molecule has 29 heavy (non-hydrogen) atoms. The molecule has 0 heterocycles. The van der Waals surface area contributed by atoms with Crippen LogP contribution < -0.4 is 10.1 Å². The van der Waals surface area contributed by atoms with Crippen molar-refractivity contribution in [3.63, 3.8) is 0 Å². The minimum atomic E-state index is -0.416. The average Bonchev–Trinajstić information content (AvgIpc) is 2.77. The van der Waals surface area contributed by atoms with Gasteiger partial charge in [-0.3, -0.25) is 4.79 Å². The average molecular weight is 386 g/mol. The molecule has 5 nitrogen and oxygen atoms in total. The first-order chi connectivity index (χ1) is 14.2. The molecule has 5 heteroatoms. The summed E-state index contributed by atoms with van der Waals surface area (Å²) < 4.78 is 10.8. The third-order valence-corrected chi connectivity index (χ3v) is 4.42. The van der Waals surface area contributed by atoms with E-state index in [0.29, 0.717) is 19.8 Å². The van der Waals surface area contributed by atoms with Crippen molar-refractivity contribution < 1.29 is 14.3 Å². The topological polar surface area (TPSA) is 71.3 Å². The summed E-state index contributed by atoms with van der Waals surface area (Å²) in [5.41, 5.74) is 1.91. The Kier molecular flexibility index (Phi) is 6.99. The largest absolute Gasteiger partial charge is 0.489 e. The van der Waals surface area contributed by atoms with Crippen molar-refractivity contribution in [1.29, 1.82) is 5.26 Å². The van der Waals surface area contributed by atoms with E-state index < -0.39 is 5.91 Å². The van der Waals surface area contributed by atoms with E-state index in [2.05, 4.69) is 29.6 Å². The maximum absolute atomic E-state index is 12.0. The number of hydrogen-bond acceptors (Lipinski definition) is 4. The molecule has 3 aromatic carbocycles. The number of benzene rings is 3. The lowest BCUT2D eigenvalue weighted by molar-refractivity contribution is -0.117. The summed E-state index contributed by atoms with van der Waals surface area (Å²) in [6.07, 6.45) is 1.55. The first-order valence-corrected chi connectivity index (χ1v) is 9.29. The normalized spacial score (nSPS) is 11.1. The fourth-order valence-electron chi connectivity index (χ4n) is 2.92. The van der Waals surface area contributed by atoms with Crippen LogP contribution in [-0.4, -0.2) is 26.2 Å². The van der Waals surface area contributed by atoms with Crippen LogP contribution in [0.4, 0.5) is 0 Å². The number of rotatable bonds is 8. The lowest BCUT2D eigenvalue weighted by Crippen LogP contribution is -2.27. The number of nitriles is 1. The second kappa shape index (κ2) is 10.1. The maximum Gasteiger partial charge on any atom is 0.262 e. The van der Waals surface area contributed by atoms with Gasteiger partial charge in [0.05, 0.1) is 6.61 Å². The standard InChI is InChI=1S/C24H22N2O3/c1-28-14-13-26-24(27)21(16-25)15-18-9-11-22(12-10-18)29-17-20-7-4-6-19-5-2-3-8-23(19)20/h2-12,15H,13-14,17H2,1H3,(H,26,27)/b21-15+. The number of nitrogens with zero attached hydrogens (tertiary/aromatic N) is 1. The molecule has 0 saturated carbocycles. The highest BCUT2D eigenvalue weighted by Gasteiger charge is 2.08. The predicted octanol–water partition coefficient (Wildman–Crippen LogP) is 4.09. The Morgan fingerprint density at radius 1 is 1.07 bits per heavy atom. The van der Waals surface area contributed by atoms with Crippen molar-refractivity contribution in [3.05, 3.63) is 83.4 Å². The smallest absolute Gasteiger partial charge is 0.262 e. The third-order valence-electron chi connectivity index (χ3n) is 4.42. The van der Waals surface area contributed by atoms with Gasteiger partial charge in [0.25, 0.3) is 5.91 Å². The lowest BCUT2D eigenvalue weighted by atomic mass is 10.1. The van der Waals surface area contributed by atoms with Crippen LogP contribution in [0.3, 0.4) is 0 Å². The van der Waals surface area contributed by atoms with E-state index in [-0.39, 0.29) is 5.57 Å². The van der Waals surface area contributed by atoms with Crippen LogP contribution in [0.2, 0.25) is 0 Å². The zero-order valence-corrected chi connectivity index (χ0v) is 16.2. The third kappa shape index (κ3) is 5.44. The van der Waals surface area contributed by atoms with Crippen molar-refractivity contribution in [3.8, 4) is 11.8 Å². The molecule has 0 aromatic heterocycles.